The molecule has 0 radical (unpaired) electrons. The molecule has 172 valence electrons. The Morgan fingerprint density at radius 1 is 0.875 bits per heavy atom. The fraction of sp³-hybridized carbons (Fsp3) is 0.480. The number of amides is 1. The summed E-state index contributed by atoms with van der Waals surface area (Å²) in [5.74, 6) is -0.0686. The molecule has 2 aliphatic heterocycles. The van der Waals surface area contributed by atoms with Crippen LogP contribution in [0.1, 0.15) is 40.7 Å². The second kappa shape index (κ2) is 10.1. The number of carbonyl (C=O) groups is 1. The number of piperazine rings is 1. The lowest BCUT2D eigenvalue weighted by atomic mass is 10.1. The molecule has 0 aromatic heterocycles. The van der Waals surface area contributed by atoms with Crippen molar-refractivity contribution in [3.63, 3.8) is 0 Å². The number of piperidine rings is 1. The number of benzene rings is 2. The van der Waals surface area contributed by atoms with Gasteiger partial charge >= 0.3 is 0 Å². The molecule has 4 rings (SSSR count). The second-order valence-corrected chi connectivity index (χ2v) is 10.7. The first-order valence-corrected chi connectivity index (χ1v) is 13.1. The zero-order valence-corrected chi connectivity index (χ0v) is 19.7. The molecule has 0 spiro atoms. The third-order valence-corrected chi connectivity index (χ3v) is 8.51. The van der Waals surface area contributed by atoms with Crippen LogP contribution in [-0.2, 0) is 16.4 Å². The topological polar surface area (TPSA) is 60.9 Å². The van der Waals surface area contributed by atoms with E-state index in [9.17, 15) is 13.2 Å². The molecular weight excluding hydrogens is 422 g/mol. The molecule has 1 amide bonds. The maximum absolute atomic E-state index is 13.3. The Morgan fingerprint density at radius 3 is 2.25 bits per heavy atom. The number of aryl methyl sites for hydroxylation is 1. The third-order valence-electron chi connectivity index (χ3n) is 6.61. The predicted molar refractivity (Wildman–Crippen MR) is 126 cm³/mol. The first-order chi connectivity index (χ1) is 15.4. The molecule has 2 fully saturated rings. The van der Waals surface area contributed by atoms with Gasteiger partial charge < -0.3 is 4.90 Å². The molecule has 2 aromatic rings. The summed E-state index contributed by atoms with van der Waals surface area (Å²) in [6.45, 7) is 6.98. The Labute approximate surface area is 191 Å². The van der Waals surface area contributed by atoms with Crippen LogP contribution < -0.4 is 0 Å². The fourth-order valence-corrected chi connectivity index (χ4v) is 6.07. The van der Waals surface area contributed by atoms with Crippen molar-refractivity contribution in [3.05, 3.63) is 65.2 Å². The van der Waals surface area contributed by atoms with E-state index in [2.05, 4.69) is 29.2 Å². The molecule has 0 unspecified atom stereocenters. The van der Waals surface area contributed by atoms with E-state index < -0.39 is 10.0 Å². The number of carbonyl (C=O) groups excluding carboxylic acids is 1. The second-order valence-electron chi connectivity index (χ2n) is 8.81. The quantitative estimate of drug-likeness (QED) is 0.671. The highest BCUT2D eigenvalue weighted by Crippen LogP contribution is 2.24. The Kier molecular flexibility index (Phi) is 7.28. The van der Waals surface area contributed by atoms with Crippen molar-refractivity contribution in [2.45, 2.75) is 37.5 Å². The monoisotopic (exact) mass is 455 g/mol. The van der Waals surface area contributed by atoms with E-state index in [1.54, 1.807) is 22.5 Å². The molecule has 0 N–H and O–H groups in total. The molecule has 7 heteroatoms. The smallest absolute Gasteiger partial charge is 0.254 e. The summed E-state index contributed by atoms with van der Waals surface area (Å²) in [5.41, 5.74) is 2.65. The summed E-state index contributed by atoms with van der Waals surface area (Å²) < 4.78 is 27.7. The Morgan fingerprint density at radius 2 is 1.56 bits per heavy atom. The van der Waals surface area contributed by atoms with Crippen molar-refractivity contribution >= 4 is 15.9 Å². The van der Waals surface area contributed by atoms with Crippen LogP contribution in [0.15, 0.2) is 53.4 Å². The van der Waals surface area contributed by atoms with Crippen LogP contribution in [0, 0.1) is 6.92 Å². The normalized spacial score (nSPS) is 18.6. The third kappa shape index (κ3) is 5.22. The molecule has 6 nitrogen and oxygen atoms in total. The number of nitrogens with zero attached hydrogens (tertiary/aromatic N) is 3. The van der Waals surface area contributed by atoms with Crippen LogP contribution in [0.25, 0.3) is 0 Å². The molecule has 2 aromatic carbocycles. The maximum atomic E-state index is 13.3. The number of sulfonamides is 1. The summed E-state index contributed by atoms with van der Waals surface area (Å²) in [6.07, 6.45) is 3.86. The zero-order valence-electron chi connectivity index (χ0n) is 18.9. The SMILES string of the molecule is Cc1ccc(S(=O)(=O)N2CCCCC2)cc1C(=O)N1CCN(CCc2ccccc2)CC1. The van der Waals surface area contributed by atoms with Gasteiger partial charge in [0.15, 0.2) is 0 Å². The molecule has 2 aliphatic rings. The van der Waals surface area contributed by atoms with Crippen LogP contribution in [-0.4, -0.2) is 74.2 Å². The lowest BCUT2D eigenvalue weighted by Crippen LogP contribution is -2.49. The Balaban J connectivity index is 1.39. The van der Waals surface area contributed by atoms with E-state index in [-0.39, 0.29) is 10.8 Å². The molecule has 0 bridgehead atoms. The standard InChI is InChI=1S/C25H33N3O3S/c1-21-10-11-23(32(30,31)28-13-6-3-7-14-28)20-24(21)25(29)27-18-16-26(17-19-27)15-12-22-8-4-2-5-9-22/h2,4-5,8-11,20H,3,6-7,12-19H2,1H3. The van der Waals surface area contributed by atoms with Gasteiger partial charge in [0, 0.05) is 51.4 Å². The molecule has 2 heterocycles. The number of hydrogen-bond donors (Lipinski definition) is 0. The molecule has 0 atom stereocenters. The largest absolute Gasteiger partial charge is 0.336 e. The summed E-state index contributed by atoms with van der Waals surface area (Å²) in [4.78, 5) is 17.7. The summed E-state index contributed by atoms with van der Waals surface area (Å²) in [6, 6.07) is 15.4. The van der Waals surface area contributed by atoms with Crippen LogP contribution in [0.5, 0.6) is 0 Å². The van der Waals surface area contributed by atoms with Crippen LogP contribution in [0.4, 0.5) is 0 Å². The van der Waals surface area contributed by atoms with Gasteiger partial charge in [-0.25, -0.2) is 8.42 Å². The maximum Gasteiger partial charge on any atom is 0.254 e. The van der Waals surface area contributed by atoms with Gasteiger partial charge in [0.1, 0.15) is 0 Å². The van der Waals surface area contributed by atoms with E-state index in [0.29, 0.717) is 31.7 Å². The first kappa shape index (κ1) is 23.0. The van der Waals surface area contributed by atoms with Crippen molar-refractivity contribution in [1.82, 2.24) is 14.1 Å². The highest BCUT2D eigenvalue weighted by molar-refractivity contribution is 7.89. The van der Waals surface area contributed by atoms with Crippen molar-refractivity contribution in [1.29, 1.82) is 0 Å². The molecule has 0 aliphatic carbocycles. The minimum atomic E-state index is -3.55. The summed E-state index contributed by atoms with van der Waals surface area (Å²) in [5, 5.41) is 0. The van der Waals surface area contributed by atoms with Gasteiger partial charge in [-0.15, -0.1) is 0 Å². The van der Waals surface area contributed by atoms with Crippen LogP contribution >= 0.6 is 0 Å². The van der Waals surface area contributed by atoms with Gasteiger partial charge in [0.25, 0.3) is 5.91 Å². The van der Waals surface area contributed by atoms with E-state index in [4.69, 9.17) is 0 Å². The Bertz CT molecular complexity index is 1030. The van der Waals surface area contributed by atoms with Gasteiger partial charge in [-0.3, -0.25) is 9.69 Å². The Hall–Kier alpha value is -2.22. The number of hydrogen-bond acceptors (Lipinski definition) is 4. The van der Waals surface area contributed by atoms with Gasteiger partial charge in [0.05, 0.1) is 4.90 Å². The minimum absolute atomic E-state index is 0.0686. The van der Waals surface area contributed by atoms with Crippen molar-refractivity contribution < 1.29 is 13.2 Å². The van der Waals surface area contributed by atoms with E-state index in [1.165, 1.54) is 5.56 Å². The first-order valence-electron chi connectivity index (χ1n) is 11.6. The zero-order chi connectivity index (χ0) is 22.6. The lowest BCUT2D eigenvalue weighted by Gasteiger charge is -2.35. The molecular formula is C25H33N3O3S. The average Bonchev–Trinajstić information content (AvgIpc) is 2.84. The highest BCUT2D eigenvalue weighted by Gasteiger charge is 2.28. The molecule has 2 saturated heterocycles. The lowest BCUT2D eigenvalue weighted by molar-refractivity contribution is 0.0637. The average molecular weight is 456 g/mol. The predicted octanol–water partition coefficient (Wildman–Crippen LogP) is 3.17. The fourth-order valence-electron chi connectivity index (χ4n) is 4.52. The van der Waals surface area contributed by atoms with E-state index in [0.717, 1.165) is 50.9 Å². The van der Waals surface area contributed by atoms with E-state index >= 15 is 0 Å². The van der Waals surface area contributed by atoms with Crippen LogP contribution in [0.3, 0.4) is 0 Å². The highest BCUT2D eigenvalue weighted by atomic mass is 32.2. The van der Waals surface area contributed by atoms with E-state index in [1.807, 2.05) is 17.9 Å². The van der Waals surface area contributed by atoms with Crippen LogP contribution in [0.2, 0.25) is 0 Å². The van der Waals surface area contributed by atoms with Gasteiger partial charge in [0.2, 0.25) is 10.0 Å². The van der Waals surface area contributed by atoms with Gasteiger partial charge in [-0.2, -0.15) is 4.31 Å². The van der Waals surface area contributed by atoms with Crippen molar-refractivity contribution in [2.75, 3.05) is 45.8 Å². The van der Waals surface area contributed by atoms with Gasteiger partial charge in [-0.05, 0) is 49.4 Å². The van der Waals surface area contributed by atoms with Gasteiger partial charge in [-0.1, -0.05) is 42.8 Å². The molecule has 32 heavy (non-hydrogen) atoms. The van der Waals surface area contributed by atoms with Crippen molar-refractivity contribution in [3.8, 4) is 0 Å². The number of rotatable bonds is 6. The minimum Gasteiger partial charge on any atom is -0.336 e. The molecule has 0 saturated carbocycles. The van der Waals surface area contributed by atoms with Crippen molar-refractivity contribution in [2.24, 2.45) is 0 Å². The summed E-state index contributed by atoms with van der Waals surface area (Å²) >= 11 is 0. The summed E-state index contributed by atoms with van der Waals surface area (Å²) in [7, 11) is -3.55.